The first-order valence-corrected chi connectivity index (χ1v) is 9.88. The van der Waals surface area contributed by atoms with E-state index in [1.54, 1.807) is 0 Å². The molecular formula is C22H19NO4S. The van der Waals surface area contributed by atoms with Crippen LogP contribution >= 0.6 is 11.3 Å². The topological polar surface area (TPSA) is 75.6 Å². The highest BCUT2D eigenvalue weighted by atomic mass is 32.1. The number of benzene rings is 2. The van der Waals surface area contributed by atoms with E-state index in [9.17, 15) is 14.7 Å². The molecule has 1 atom stereocenters. The van der Waals surface area contributed by atoms with E-state index in [1.165, 1.54) is 11.3 Å². The zero-order valence-corrected chi connectivity index (χ0v) is 16.1. The van der Waals surface area contributed by atoms with E-state index in [2.05, 4.69) is 5.32 Å². The van der Waals surface area contributed by atoms with Crippen molar-refractivity contribution >= 4 is 28.9 Å². The quantitative estimate of drug-likeness (QED) is 0.641. The van der Waals surface area contributed by atoms with Crippen molar-refractivity contribution < 1.29 is 19.4 Å². The van der Waals surface area contributed by atoms with Crippen molar-refractivity contribution in [1.82, 2.24) is 0 Å². The second kappa shape index (κ2) is 7.48. The summed E-state index contributed by atoms with van der Waals surface area (Å²) in [6, 6.07) is 16.9. The average Bonchev–Trinajstić information content (AvgIpc) is 3.08. The second-order valence-corrected chi connectivity index (χ2v) is 7.54. The molecule has 0 saturated heterocycles. The number of fused-ring (bicyclic) bond motifs is 1. The number of aromatic carboxylic acids is 1. The van der Waals surface area contributed by atoms with Gasteiger partial charge in [0, 0.05) is 28.3 Å². The van der Waals surface area contributed by atoms with E-state index in [0.717, 1.165) is 21.8 Å². The first kappa shape index (κ1) is 18.3. The lowest BCUT2D eigenvalue weighted by atomic mass is 9.88. The number of rotatable bonds is 5. The number of hydrogen-bond acceptors (Lipinski definition) is 4. The smallest absolute Gasteiger partial charge is 0.346 e. The third-order valence-electron chi connectivity index (χ3n) is 4.76. The maximum atomic E-state index is 12.5. The minimum absolute atomic E-state index is 0.129. The van der Waals surface area contributed by atoms with Crippen LogP contribution in [-0.2, 0) is 4.79 Å². The molecule has 0 spiro atoms. The summed E-state index contributed by atoms with van der Waals surface area (Å²) in [5.74, 6) is -0.644. The highest BCUT2D eigenvalue weighted by Gasteiger charge is 2.35. The predicted molar refractivity (Wildman–Crippen MR) is 109 cm³/mol. The molecule has 0 radical (unpaired) electrons. The van der Waals surface area contributed by atoms with E-state index in [-0.39, 0.29) is 23.1 Å². The highest BCUT2D eigenvalue weighted by molar-refractivity contribution is 7.15. The molecule has 6 heteroatoms. The van der Waals surface area contributed by atoms with Crippen LogP contribution in [0.5, 0.6) is 5.75 Å². The molecule has 4 rings (SSSR count). The molecule has 1 aliphatic rings. The predicted octanol–water partition coefficient (Wildman–Crippen LogP) is 4.99. The molecule has 142 valence electrons. The summed E-state index contributed by atoms with van der Waals surface area (Å²) >= 11 is 1.23. The number of carboxylic acid groups (broad SMARTS) is 1. The van der Waals surface area contributed by atoms with Crippen molar-refractivity contribution in [1.29, 1.82) is 0 Å². The fraction of sp³-hybridized carbons (Fsp3) is 0.182. The Bertz CT molecular complexity index is 1040. The van der Waals surface area contributed by atoms with Crippen molar-refractivity contribution in [3.63, 3.8) is 0 Å². The Hall–Kier alpha value is -3.12. The number of thiophene rings is 1. The van der Waals surface area contributed by atoms with Crippen molar-refractivity contribution in [2.45, 2.75) is 19.3 Å². The molecule has 0 unspecified atom stereocenters. The molecular weight excluding hydrogens is 374 g/mol. The summed E-state index contributed by atoms with van der Waals surface area (Å²) < 4.78 is 5.77. The van der Waals surface area contributed by atoms with Crippen LogP contribution in [0.4, 0.5) is 5.69 Å². The Labute approximate surface area is 166 Å². The van der Waals surface area contributed by atoms with Crippen LogP contribution in [0.2, 0.25) is 0 Å². The molecule has 2 heterocycles. The van der Waals surface area contributed by atoms with Gasteiger partial charge in [0.05, 0.1) is 12.3 Å². The standard InChI is InChI=1S/C22H19NO4S/c1-2-27-16-11-7-6-10-14(16)15-12-17(24)23-19-18(13-8-4-3-5-9-13)21(22(25)26)28-20(15)19/h3-11,15H,2,12H2,1H3,(H,23,24)(H,25,26)/t15-/m0/s1. The largest absolute Gasteiger partial charge is 0.494 e. The number of carboxylic acids is 1. The molecule has 2 N–H and O–H groups in total. The maximum Gasteiger partial charge on any atom is 0.346 e. The fourth-order valence-electron chi connectivity index (χ4n) is 3.62. The Balaban J connectivity index is 1.93. The van der Waals surface area contributed by atoms with Crippen molar-refractivity contribution in [2.75, 3.05) is 11.9 Å². The first-order valence-electron chi connectivity index (χ1n) is 9.07. The molecule has 0 saturated carbocycles. The zero-order valence-electron chi connectivity index (χ0n) is 15.3. The molecule has 5 nitrogen and oxygen atoms in total. The van der Waals surface area contributed by atoms with Gasteiger partial charge in [0.25, 0.3) is 0 Å². The molecule has 2 aromatic carbocycles. The molecule has 3 aromatic rings. The third kappa shape index (κ3) is 3.16. The molecule has 28 heavy (non-hydrogen) atoms. The van der Waals surface area contributed by atoms with E-state index in [1.807, 2.05) is 61.5 Å². The monoisotopic (exact) mass is 393 g/mol. The summed E-state index contributed by atoms with van der Waals surface area (Å²) in [5, 5.41) is 12.7. The number of nitrogens with one attached hydrogen (secondary N) is 1. The lowest BCUT2D eigenvalue weighted by molar-refractivity contribution is -0.116. The Morgan fingerprint density at radius 2 is 1.89 bits per heavy atom. The summed E-state index contributed by atoms with van der Waals surface area (Å²) in [4.78, 5) is 25.6. The van der Waals surface area contributed by atoms with Gasteiger partial charge in [0.2, 0.25) is 5.91 Å². The van der Waals surface area contributed by atoms with Gasteiger partial charge in [-0.2, -0.15) is 0 Å². The van der Waals surface area contributed by atoms with Gasteiger partial charge < -0.3 is 15.2 Å². The Morgan fingerprint density at radius 1 is 1.18 bits per heavy atom. The van der Waals surface area contributed by atoms with Crippen LogP contribution in [0.15, 0.2) is 54.6 Å². The minimum Gasteiger partial charge on any atom is -0.494 e. The number of ether oxygens (including phenoxy) is 1. The Kier molecular flexibility index (Phi) is 4.88. The van der Waals surface area contributed by atoms with Gasteiger partial charge in [-0.1, -0.05) is 48.5 Å². The van der Waals surface area contributed by atoms with Gasteiger partial charge in [0.1, 0.15) is 10.6 Å². The van der Waals surface area contributed by atoms with Gasteiger partial charge in [-0.05, 0) is 18.6 Å². The van der Waals surface area contributed by atoms with E-state index >= 15 is 0 Å². The van der Waals surface area contributed by atoms with Crippen molar-refractivity contribution in [3.05, 3.63) is 69.9 Å². The summed E-state index contributed by atoms with van der Waals surface area (Å²) in [7, 11) is 0. The highest BCUT2D eigenvalue weighted by Crippen LogP contribution is 2.50. The fourth-order valence-corrected chi connectivity index (χ4v) is 4.86. The second-order valence-electron chi connectivity index (χ2n) is 6.49. The molecule has 0 fully saturated rings. The van der Waals surface area contributed by atoms with Crippen molar-refractivity contribution in [2.24, 2.45) is 0 Å². The lowest BCUT2D eigenvalue weighted by Crippen LogP contribution is -2.22. The van der Waals surface area contributed by atoms with Crippen LogP contribution in [0.1, 0.15) is 39.4 Å². The number of amides is 1. The van der Waals surface area contributed by atoms with Gasteiger partial charge in [-0.25, -0.2) is 4.79 Å². The van der Waals surface area contributed by atoms with E-state index in [0.29, 0.717) is 17.9 Å². The SMILES string of the molecule is CCOc1ccccc1[C@@H]1CC(=O)Nc2c1sc(C(=O)O)c2-c1ccccc1. The number of para-hydroxylation sites is 1. The molecule has 1 aromatic heterocycles. The van der Waals surface area contributed by atoms with Crippen LogP contribution in [0.25, 0.3) is 11.1 Å². The van der Waals surface area contributed by atoms with Crippen LogP contribution in [-0.4, -0.2) is 23.6 Å². The van der Waals surface area contributed by atoms with Crippen LogP contribution in [0, 0.1) is 0 Å². The van der Waals surface area contributed by atoms with Gasteiger partial charge >= 0.3 is 5.97 Å². The maximum absolute atomic E-state index is 12.5. The minimum atomic E-state index is -0.996. The van der Waals surface area contributed by atoms with Crippen molar-refractivity contribution in [3.8, 4) is 16.9 Å². The van der Waals surface area contributed by atoms with Gasteiger partial charge in [0.15, 0.2) is 0 Å². The lowest BCUT2D eigenvalue weighted by Gasteiger charge is -2.25. The first-order chi connectivity index (χ1) is 13.6. The normalized spacial score (nSPS) is 15.6. The van der Waals surface area contributed by atoms with Gasteiger partial charge in [-0.15, -0.1) is 11.3 Å². The van der Waals surface area contributed by atoms with Crippen LogP contribution in [0.3, 0.4) is 0 Å². The van der Waals surface area contributed by atoms with E-state index < -0.39 is 5.97 Å². The molecule has 1 aliphatic heterocycles. The summed E-state index contributed by atoms with van der Waals surface area (Å²) in [5.41, 5.74) is 2.84. The zero-order chi connectivity index (χ0) is 19.7. The number of carbonyl (C=O) groups excluding carboxylic acids is 1. The van der Waals surface area contributed by atoms with E-state index in [4.69, 9.17) is 4.74 Å². The Morgan fingerprint density at radius 3 is 2.61 bits per heavy atom. The van der Waals surface area contributed by atoms with Gasteiger partial charge in [-0.3, -0.25) is 4.79 Å². The summed E-state index contributed by atoms with van der Waals surface area (Å²) in [6.07, 6.45) is 0.255. The summed E-state index contributed by atoms with van der Waals surface area (Å²) in [6.45, 7) is 2.43. The molecule has 0 bridgehead atoms. The third-order valence-corrected chi connectivity index (χ3v) is 6.05. The number of carbonyl (C=O) groups is 2. The average molecular weight is 393 g/mol. The van der Waals surface area contributed by atoms with Crippen LogP contribution < -0.4 is 10.1 Å². The number of anilines is 1. The molecule has 1 amide bonds. The number of hydrogen-bond donors (Lipinski definition) is 2. The molecule has 0 aliphatic carbocycles.